The van der Waals surface area contributed by atoms with Gasteiger partial charge in [-0.05, 0) is 18.6 Å². The Balaban J connectivity index is 2.73. The van der Waals surface area contributed by atoms with E-state index in [0.29, 0.717) is 19.6 Å². The van der Waals surface area contributed by atoms with Crippen LogP contribution in [0.5, 0.6) is 0 Å². The summed E-state index contributed by atoms with van der Waals surface area (Å²) in [4.78, 5) is 0. The van der Waals surface area contributed by atoms with E-state index >= 15 is 0 Å². The molecule has 1 aromatic carbocycles. The summed E-state index contributed by atoms with van der Waals surface area (Å²) in [5, 5.41) is 8.63. The number of aliphatic hydroxyl groups is 1. The lowest BCUT2D eigenvalue weighted by Crippen LogP contribution is -1.94. The molecule has 0 aliphatic rings. The van der Waals surface area contributed by atoms with Gasteiger partial charge >= 0.3 is 0 Å². The Labute approximate surface area is 90.9 Å². The van der Waals surface area contributed by atoms with Crippen molar-refractivity contribution in [1.82, 2.24) is 0 Å². The second kappa shape index (κ2) is 7.05. The molecule has 1 aromatic rings. The number of hydrogen-bond acceptors (Lipinski definition) is 2. The van der Waals surface area contributed by atoms with Gasteiger partial charge in [0.1, 0.15) is 0 Å². The summed E-state index contributed by atoms with van der Waals surface area (Å²) in [5.74, 6) is 5.95. The largest absolute Gasteiger partial charge is 0.395 e. The third-order valence-corrected chi connectivity index (χ3v) is 1.94. The Morgan fingerprint density at radius 2 is 2.13 bits per heavy atom. The van der Waals surface area contributed by atoms with Crippen molar-refractivity contribution < 1.29 is 9.84 Å². The van der Waals surface area contributed by atoms with Crippen molar-refractivity contribution in [2.45, 2.75) is 20.0 Å². The van der Waals surface area contributed by atoms with Crippen LogP contribution in [0.15, 0.2) is 24.3 Å². The predicted molar refractivity (Wildman–Crippen MR) is 60.4 cm³/mol. The van der Waals surface area contributed by atoms with Gasteiger partial charge in [-0.3, -0.25) is 0 Å². The molecule has 0 unspecified atom stereocenters. The molecule has 0 amide bonds. The van der Waals surface area contributed by atoms with E-state index in [9.17, 15) is 0 Å². The van der Waals surface area contributed by atoms with Crippen LogP contribution in [-0.2, 0) is 11.3 Å². The molecule has 1 rings (SSSR count). The molecule has 0 radical (unpaired) electrons. The number of benzene rings is 1. The molecule has 0 saturated heterocycles. The molecule has 2 nitrogen and oxygen atoms in total. The third-order valence-electron chi connectivity index (χ3n) is 1.94. The van der Waals surface area contributed by atoms with Crippen LogP contribution in [-0.4, -0.2) is 18.3 Å². The summed E-state index contributed by atoms with van der Waals surface area (Å²) in [6.07, 6.45) is 0.517. The zero-order chi connectivity index (χ0) is 10.9. The average molecular weight is 204 g/mol. The average Bonchev–Trinajstić information content (AvgIpc) is 2.28. The number of aliphatic hydroxyl groups excluding tert-OH is 1. The quantitative estimate of drug-likeness (QED) is 0.760. The molecule has 80 valence electrons. The number of ether oxygens (including phenoxy) is 1. The minimum Gasteiger partial charge on any atom is -0.395 e. The highest BCUT2D eigenvalue weighted by Crippen LogP contribution is 2.08. The van der Waals surface area contributed by atoms with Crippen LogP contribution in [0.3, 0.4) is 0 Å². The lowest BCUT2D eigenvalue weighted by atomic mass is 10.1. The summed E-state index contributed by atoms with van der Waals surface area (Å²) in [6.45, 7) is 3.39. The van der Waals surface area contributed by atoms with Crippen molar-refractivity contribution in [3.63, 3.8) is 0 Å². The van der Waals surface area contributed by atoms with Gasteiger partial charge in [-0.1, -0.05) is 30.0 Å². The Morgan fingerprint density at radius 3 is 2.87 bits per heavy atom. The maximum atomic E-state index is 8.63. The van der Waals surface area contributed by atoms with Gasteiger partial charge in [0.2, 0.25) is 0 Å². The van der Waals surface area contributed by atoms with Crippen LogP contribution >= 0.6 is 0 Å². The smallest absolute Gasteiger partial charge is 0.0728 e. The highest BCUT2D eigenvalue weighted by molar-refractivity contribution is 5.40. The second-order valence-corrected chi connectivity index (χ2v) is 3.07. The molecule has 0 heterocycles. The lowest BCUT2D eigenvalue weighted by Gasteiger charge is -2.03. The van der Waals surface area contributed by atoms with Crippen LogP contribution in [0, 0.1) is 11.8 Å². The standard InChI is InChI=1S/C13H16O2/c1-2-15-11-13-9-4-3-7-12(13)8-5-6-10-14/h3-4,7,9,14H,2,6,10-11H2,1H3. The molecular formula is C13H16O2. The molecular weight excluding hydrogens is 188 g/mol. The van der Waals surface area contributed by atoms with Gasteiger partial charge in [-0.25, -0.2) is 0 Å². The molecule has 0 aliphatic heterocycles. The molecule has 0 spiro atoms. The normalized spacial score (nSPS) is 9.47. The van der Waals surface area contributed by atoms with E-state index in [0.717, 1.165) is 11.1 Å². The topological polar surface area (TPSA) is 29.5 Å². The van der Waals surface area contributed by atoms with Crippen molar-refractivity contribution in [2.24, 2.45) is 0 Å². The van der Waals surface area contributed by atoms with Gasteiger partial charge in [-0.2, -0.15) is 0 Å². The van der Waals surface area contributed by atoms with Crippen molar-refractivity contribution in [3.8, 4) is 11.8 Å². The summed E-state index contributed by atoms with van der Waals surface area (Å²) >= 11 is 0. The molecule has 2 heteroatoms. The maximum absolute atomic E-state index is 8.63. The van der Waals surface area contributed by atoms with Crippen molar-refractivity contribution in [1.29, 1.82) is 0 Å². The van der Waals surface area contributed by atoms with Crippen LogP contribution in [0.1, 0.15) is 24.5 Å². The summed E-state index contributed by atoms with van der Waals surface area (Å²) < 4.78 is 5.35. The predicted octanol–water partition coefficient (Wildman–Crippen LogP) is 1.96. The van der Waals surface area contributed by atoms with Gasteiger partial charge in [0.25, 0.3) is 0 Å². The summed E-state index contributed by atoms with van der Waals surface area (Å²) in [7, 11) is 0. The second-order valence-electron chi connectivity index (χ2n) is 3.07. The first-order valence-electron chi connectivity index (χ1n) is 5.14. The summed E-state index contributed by atoms with van der Waals surface area (Å²) in [6, 6.07) is 7.92. The fourth-order valence-corrected chi connectivity index (χ4v) is 1.19. The number of rotatable bonds is 4. The third kappa shape index (κ3) is 4.16. The molecule has 15 heavy (non-hydrogen) atoms. The molecule has 0 aromatic heterocycles. The minimum absolute atomic E-state index is 0.112. The van der Waals surface area contributed by atoms with Gasteiger partial charge in [0, 0.05) is 18.6 Å². The van der Waals surface area contributed by atoms with Gasteiger partial charge < -0.3 is 9.84 Å². The van der Waals surface area contributed by atoms with Crippen molar-refractivity contribution in [3.05, 3.63) is 35.4 Å². The van der Waals surface area contributed by atoms with Gasteiger partial charge in [-0.15, -0.1) is 0 Å². The highest BCUT2D eigenvalue weighted by Gasteiger charge is 1.97. The SMILES string of the molecule is CCOCc1ccccc1C#CCCO. The van der Waals surface area contributed by atoms with E-state index in [2.05, 4.69) is 11.8 Å². The summed E-state index contributed by atoms with van der Waals surface area (Å²) in [5.41, 5.74) is 2.09. The lowest BCUT2D eigenvalue weighted by molar-refractivity contribution is 0.134. The molecule has 0 atom stereocenters. The molecule has 0 fully saturated rings. The fourth-order valence-electron chi connectivity index (χ4n) is 1.19. The van der Waals surface area contributed by atoms with Gasteiger partial charge in [0.15, 0.2) is 0 Å². The number of hydrogen-bond donors (Lipinski definition) is 1. The Hall–Kier alpha value is -1.30. The minimum atomic E-state index is 0.112. The Kier molecular flexibility index (Phi) is 5.54. The van der Waals surface area contributed by atoms with Crippen LogP contribution in [0.2, 0.25) is 0 Å². The van der Waals surface area contributed by atoms with Crippen LogP contribution in [0.25, 0.3) is 0 Å². The Morgan fingerprint density at radius 1 is 1.33 bits per heavy atom. The fraction of sp³-hybridized carbons (Fsp3) is 0.385. The first-order valence-corrected chi connectivity index (χ1v) is 5.14. The van der Waals surface area contributed by atoms with Crippen molar-refractivity contribution in [2.75, 3.05) is 13.2 Å². The molecule has 1 N–H and O–H groups in total. The van der Waals surface area contributed by atoms with E-state index in [4.69, 9.17) is 9.84 Å². The first-order chi connectivity index (χ1) is 7.38. The van der Waals surface area contributed by atoms with Gasteiger partial charge in [0.05, 0.1) is 13.2 Å². The maximum Gasteiger partial charge on any atom is 0.0728 e. The van der Waals surface area contributed by atoms with Crippen LogP contribution < -0.4 is 0 Å². The zero-order valence-electron chi connectivity index (χ0n) is 8.99. The molecule has 0 saturated carbocycles. The van der Waals surface area contributed by atoms with E-state index in [1.54, 1.807) is 0 Å². The van der Waals surface area contributed by atoms with Crippen LogP contribution in [0.4, 0.5) is 0 Å². The Bertz CT molecular complexity index is 347. The monoisotopic (exact) mass is 204 g/mol. The van der Waals surface area contributed by atoms with E-state index < -0.39 is 0 Å². The zero-order valence-corrected chi connectivity index (χ0v) is 8.99. The molecule has 0 aliphatic carbocycles. The first kappa shape index (κ1) is 11.8. The highest BCUT2D eigenvalue weighted by atomic mass is 16.5. The van der Waals surface area contributed by atoms with E-state index in [1.165, 1.54) is 0 Å². The van der Waals surface area contributed by atoms with Crippen molar-refractivity contribution >= 4 is 0 Å². The van der Waals surface area contributed by atoms with E-state index in [1.807, 2.05) is 31.2 Å². The molecule has 0 bridgehead atoms. The van der Waals surface area contributed by atoms with E-state index in [-0.39, 0.29) is 6.61 Å².